The highest BCUT2D eigenvalue weighted by Crippen LogP contribution is 2.41. The van der Waals surface area contributed by atoms with Crippen molar-refractivity contribution in [3.8, 4) is 0 Å². The predicted octanol–water partition coefficient (Wildman–Crippen LogP) is 3.00. The first-order valence-corrected chi connectivity index (χ1v) is 8.36. The molecule has 0 aromatic carbocycles. The van der Waals surface area contributed by atoms with Gasteiger partial charge in [-0.2, -0.15) is 4.98 Å². The first-order valence-electron chi connectivity index (χ1n) is 7.55. The molecule has 1 unspecified atom stereocenters. The van der Waals surface area contributed by atoms with E-state index in [4.69, 9.17) is 5.73 Å². The summed E-state index contributed by atoms with van der Waals surface area (Å²) in [6.45, 7) is 4.54. The molecular weight excluding hydrogens is 268 g/mol. The predicted molar refractivity (Wildman–Crippen MR) is 84.5 cm³/mol. The molecule has 0 bridgehead atoms. The molecule has 20 heavy (non-hydrogen) atoms. The number of fused-ring (bicyclic) bond motifs is 3. The standard InChI is InChI=1S/C15H20N4S/c1-9-4-5-11-10(8-9)12-13(20-11)14(18-15(16)17-12)19-6-2-3-7-19/h9H,2-8H2,1H3,(H2,16,17,18). The Kier molecular flexibility index (Phi) is 2.84. The van der Waals surface area contributed by atoms with Crippen LogP contribution in [0.15, 0.2) is 0 Å². The van der Waals surface area contributed by atoms with Crippen LogP contribution in [-0.4, -0.2) is 23.1 Å². The summed E-state index contributed by atoms with van der Waals surface area (Å²) in [7, 11) is 0. The molecule has 0 radical (unpaired) electrons. The number of aromatic nitrogens is 2. The van der Waals surface area contributed by atoms with Crippen molar-refractivity contribution in [2.75, 3.05) is 23.7 Å². The highest BCUT2D eigenvalue weighted by Gasteiger charge is 2.25. The van der Waals surface area contributed by atoms with Gasteiger partial charge in [0.25, 0.3) is 0 Å². The fourth-order valence-electron chi connectivity index (χ4n) is 3.45. The summed E-state index contributed by atoms with van der Waals surface area (Å²) < 4.78 is 1.26. The lowest BCUT2D eigenvalue weighted by Gasteiger charge is -2.18. The molecule has 0 amide bonds. The molecule has 1 saturated heterocycles. The second kappa shape index (κ2) is 4.58. The Balaban J connectivity index is 1.92. The van der Waals surface area contributed by atoms with E-state index < -0.39 is 0 Å². The minimum atomic E-state index is 0.429. The quantitative estimate of drug-likeness (QED) is 0.876. The monoisotopic (exact) mass is 288 g/mol. The number of thiophene rings is 1. The molecular formula is C15H20N4S. The van der Waals surface area contributed by atoms with Gasteiger partial charge in [0, 0.05) is 18.0 Å². The van der Waals surface area contributed by atoms with E-state index in [2.05, 4.69) is 21.8 Å². The maximum absolute atomic E-state index is 5.98. The lowest BCUT2D eigenvalue weighted by molar-refractivity contribution is 0.508. The van der Waals surface area contributed by atoms with Crippen LogP contribution in [0.2, 0.25) is 0 Å². The molecule has 5 heteroatoms. The number of anilines is 2. The number of hydrogen-bond acceptors (Lipinski definition) is 5. The van der Waals surface area contributed by atoms with Gasteiger partial charge in [-0.3, -0.25) is 0 Å². The van der Waals surface area contributed by atoms with Crippen LogP contribution < -0.4 is 10.6 Å². The highest BCUT2D eigenvalue weighted by molar-refractivity contribution is 7.19. The molecule has 2 aromatic rings. The average Bonchev–Trinajstić information content (AvgIpc) is 3.05. The Hall–Kier alpha value is -1.36. The summed E-state index contributed by atoms with van der Waals surface area (Å²) in [6.07, 6.45) is 6.14. The molecule has 1 fully saturated rings. The second-order valence-corrected chi connectivity index (χ2v) is 7.23. The van der Waals surface area contributed by atoms with Crippen LogP contribution in [0.1, 0.15) is 36.6 Å². The molecule has 4 nitrogen and oxygen atoms in total. The molecule has 1 atom stereocenters. The molecule has 4 rings (SSSR count). The minimum absolute atomic E-state index is 0.429. The fraction of sp³-hybridized carbons (Fsp3) is 0.600. The number of nitrogen functional groups attached to an aromatic ring is 1. The van der Waals surface area contributed by atoms with Crippen LogP contribution in [-0.2, 0) is 12.8 Å². The third-order valence-corrected chi connectivity index (χ3v) is 5.81. The van der Waals surface area contributed by atoms with Gasteiger partial charge < -0.3 is 10.6 Å². The van der Waals surface area contributed by atoms with Crippen molar-refractivity contribution in [3.63, 3.8) is 0 Å². The summed E-state index contributed by atoms with van der Waals surface area (Å²) in [5.74, 6) is 2.27. The molecule has 106 valence electrons. The SMILES string of the molecule is CC1CCc2sc3c(N4CCCC4)nc(N)nc3c2C1. The first-order chi connectivity index (χ1) is 9.72. The van der Waals surface area contributed by atoms with Crippen molar-refractivity contribution in [3.05, 3.63) is 10.4 Å². The van der Waals surface area contributed by atoms with Crippen molar-refractivity contribution in [2.24, 2.45) is 5.92 Å². The molecule has 0 spiro atoms. The first kappa shape index (κ1) is 12.4. The number of rotatable bonds is 1. The van der Waals surface area contributed by atoms with Crippen LogP contribution in [0.5, 0.6) is 0 Å². The molecule has 1 aliphatic heterocycles. The van der Waals surface area contributed by atoms with E-state index in [0.717, 1.165) is 36.8 Å². The van der Waals surface area contributed by atoms with Crippen molar-refractivity contribution < 1.29 is 0 Å². The van der Waals surface area contributed by atoms with Crippen molar-refractivity contribution in [2.45, 2.75) is 39.0 Å². The van der Waals surface area contributed by atoms with Gasteiger partial charge in [0.15, 0.2) is 5.82 Å². The molecule has 3 heterocycles. The number of nitrogens with zero attached hydrogens (tertiary/aromatic N) is 3. The van der Waals surface area contributed by atoms with Gasteiger partial charge in [-0.1, -0.05) is 6.92 Å². The van der Waals surface area contributed by atoms with E-state index in [1.165, 1.54) is 40.8 Å². The van der Waals surface area contributed by atoms with Crippen molar-refractivity contribution in [1.82, 2.24) is 9.97 Å². The van der Waals surface area contributed by atoms with Gasteiger partial charge >= 0.3 is 0 Å². The van der Waals surface area contributed by atoms with E-state index in [9.17, 15) is 0 Å². The summed E-state index contributed by atoms with van der Waals surface area (Å²) >= 11 is 1.90. The molecule has 2 aromatic heterocycles. The smallest absolute Gasteiger partial charge is 0.222 e. The van der Waals surface area contributed by atoms with E-state index in [1.54, 1.807) is 0 Å². The van der Waals surface area contributed by atoms with Crippen molar-refractivity contribution in [1.29, 1.82) is 0 Å². The van der Waals surface area contributed by atoms with E-state index in [1.807, 2.05) is 11.3 Å². The van der Waals surface area contributed by atoms with Gasteiger partial charge in [-0.15, -0.1) is 11.3 Å². The zero-order chi connectivity index (χ0) is 13.7. The zero-order valence-corrected chi connectivity index (χ0v) is 12.7. The van der Waals surface area contributed by atoms with Crippen LogP contribution >= 0.6 is 11.3 Å². The average molecular weight is 288 g/mol. The van der Waals surface area contributed by atoms with E-state index >= 15 is 0 Å². The third kappa shape index (κ3) is 1.87. The van der Waals surface area contributed by atoms with Gasteiger partial charge in [0.2, 0.25) is 5.95 Å². The second-order valence-electron chi connectivity index (χ2n) is 6.13. The Morgan fingerprint density at radius 3 is 2.85 bits per heavy atom. The van der Waals surface area contributed by atoms with Crippen LogP contribution in [0.25, 0.3) is 10.2 Å². The number of hydrogen-bond donors (Lipinski definition) is 1. The topological polar surface area (TPSA) is 55.0 Å². The Morgan fingerprint density at radius 2 is 2.05 bits per heavy atom. The zero-order valence-electron chi connectivity index (χ0n) is 11.9. The Labute approximate surface area is 123 Å². The summed E-state index contributed by atoms with van der Waals surface area (Å²) in [4.78, 5) is 13.0. The fourth-order valence-corrected chi connectivity index (χ4v) is 4.76. The minimum Gasteiger partial charge on any atom is -0.368 e. The normalized spacial score (nSPS) is 22.4. The van der Waals surface area contributed by atoms with Gasteiger partial charge in [-0.05, 0) is 43.6 Å². The van der Waals surface area contributed by atoms with Gasteiger partial charge in [-0.25, -0.2) is 4.98 Å². The lowest BCUT2D eigenvalue weighted by Crippen LogP contribution is -2.20. The van der Waals surface area contributed by atoms with E-state index in [0.29, 0.717) is 5.95 Å². The number of aryl methyl sites for hydroxylation is 1. The molecule has 2 aliphatic rings. The number of nitrogens with two attached hydrogens (primary N) is 1. The summed E-state index contributed by atoms with van der Waals surface area (Å²) in [5, 5.41) is 0. The maximum atomic E-state index is 5.98. The van der Waals surface area contributed by atoms with Crippen LogP contribution in [0.3, 0.4) is 0 Å². The Bertz CT molecular complexity index is 657. The molecule has 2 N–H and O–H groups in total. The van der Waals surface area contributed by atoms with Crippen LogP contribution in [0.4, 0.5) is 11.8 Å². The third-order valence-electron chi connectivity index (χ3n) is 4.54. The summed E-state index contributed by atoms with van der Waals surface area (Å²) in [6, 6.07) is 0. The van der Waals surface area contributed by atoms with Crippen molar-refractivity contribution >= 4 is 33.3 Å². The van der Waals surface area contributed by atoms with Gasteiger partial charge in [0.05, 0.1) is 10.2 Å². The molecule has 0 saturated carbocycles. The van der Waals surface area contributed by atoms with Gasteiger partial charge in [0.1, 0.15) is 0 Å². The summed E-state index contributed by atoms with van der Waals surface area (Å²) in [5.41, 5.74) is 8.55. The van der Waals surface area contributed by atoms with Crippen LogP contribution in [0, 0.1) is 5.92 Å². The highest BCUT2D eigenvalue weighted by atomic mass is 32.1. The largest absolute Gasteiger partial charge is 0.368 e. The maximum Gasteiger partial charge on any atom is 0.222 e. The lowest BCUT2D eigenvalue weighted by atomic mass is 9.89. The van der Waals surface area contributed by atoms with E-state index in [-0.39, 0.29) is 0 Å². The molecule has 1 aliphatic carbocycles. The Morgan fingerprint density at radius 1 is 1.25 bits per heavy atom.